The van der Waals surface area contributed by atoms with Crippen molar-refractivity contribution in [3.8, 4) is 0 Å². The molecule has 0 aromatic heterocycles. The van der Waals surface area contributed by atoms with Gasteiger partial charge >= 0.3 is 5.97 Å². The second kappa shape index (κ2) is 7.38. The van der Waals surface area contributed by atoms with Crippen LogP contribution in [0.3, 0.4) is 0 Å². The summed E-state index contributed by atoms with van der Waals surface area (Å²) in [5, 5.41) is 8.78. The Morgan fingerprint density at radius 3 is 1.75 bits per heavy atom. The molecule has 0 radical (unpaired) electrons. The number of hydrogen-bond donors (Lipinski definition) is 1. The molecule has 0 aliphatic carbocycles. The van der Waals surface area contributed by atoms with Crippen molar-refractivity contribution in [3.05, 3.63) is 12.2 Å². The highest BCUT2D eigenvalue weighted by Crippen LogP contribution is 2.24. The molecule has 0 aromatic carbocycles. The Morgan fingerprint density at radius 2 is 1.50 bits per heavy atom. The molecule has 0 aliphatic heterocycles. The van der Waals surface area contributed by atoms with E-state index in [4.69, 9.17) is 19.3 Å². The molecule has 0 spiro atoms. The summed E-state index contributed by atoms with van der Waals surface area (Å²) < 4.78 is 16.1. The lowest BCUT2D eigenvalue weighted by molar-refractivity contribution is -0.375. The van der Waals surface area contributed by atoms with E-state index in [9.17, 15) is 4.79 Å². The molecule has 0 saturated carbocycles. The number of carboxylic acids is 1. The fourth-order valence-corrected chi connectivity index (χ4v) is 1.27. The molecule has 16 heavy (non-hydrogen) atoms. The smallest absolute Gasteiger partial charge is 0.331 e. The fourth-order valence-electron chi connectivity index (χ4n) is 1.27. The molecule has 0 aromatic rings. The minimum absolute atomic E-state index is 0.00431. The van der Waals surface area contributed by atoms with Crippen molar-refractivity contribution in [2.45, 2.75) is 33.2 Å². The molecule has 0 atom stereocenters. The van der Waals surface area contributed by atoms with E-state index in [1.165, 1.54) is 0 Å². The maximum absolute atomic E-state index is 10.7. The lowest BCUT2D eigenvalue weighted by Gasteiger charge is -2.32. The predicted octanol–water partition coefficient (Wildman–Crippen LogP) is 1.78. The van der Waals surface area contributed by atoms with Crippen LogP contribution in [0.15, 0.2) is 12.2 Å². The summed E-state index contributed by atoms with van der Waals surface area (Å²) in [4.78, 5) is 10.7. The Morgan fingerprint density at radius 1 is 1.12 bits per heavy atom. The van der Waals surface area contributed by atoms with Crippen LogP contribution in [0, 0.1) is 0 Å². The van der Waals surface area contributed by atoms with Gasteiger partial charge in [0, 0.05) is 25.4 Å². The Bertz CT molecular complexity index is 220. The first-order chi connectivity index (χ1) is 7.51. The minimum Gasteiger partial charge on any atom is -0.478 e. The second-order valence-corrected chi connectivity index (χ2v) is 3.07. The molecule has 0 amide bonds. The Hall–Kier alpha value is -0.910. The van der Waals surface area contributed by atoms with Crippen LogP contribution in [-0.2, 0) is 19.0 Å². The van der Waals surface area contributed by atoms with Crippen molar-refractivity contribution in [1.29, 1.82) is 0 Å². The Labute approximate surface area is 96.0 Å². The van der Waals surface area contributed by atoms with Gasteiger partial charge in [-0.05, 0) is 20.8 Å². The van der Waals surface area contributed by atoms with Crippen molar-refractivity contribution < 1.29 is 24.1 Å². The van der Waals surface area contributed by atoms with Gasteiger partial charge in [-0.25, -0.2) is 4.79 Å². The zero-order valence-electron chi connectivity index (χ0n) is 10.1. The van der Waals surface area contributed by atoms with Crippen LogP contribution in [0.1, 0.15) is 27.2 Å². The number of carbonyl (C=O) groups is 1. The average molecular weight is 232 g/mol. The molecule has 0 aliphatic rings. The Kier molecular flexibility index (Phi) is 6.96. The highest BCUT2D eigenvalue weighted by molar-refractivity contribution is 5.85. The third-order valence-corrected chi connectivity index (χ3v) is 1.83. The molecule has 0 bridgehead atoms. The number of carboxylic acid groups (broad SMARTS) is 1. The van der Waals surface area contributed by atoms with Gasteiger partial charge < -0.3 is 19.3 Å². The SMILES string of the molecule is C=C(CC(OCC)(OCC)OCC)C(=O)O. The van der Waals surface area contributed by atoms with Gasteiger partial charge in [0.2, 0.25) is 0 Å². The van der Waals surface area contributed by atoms with Crippen LogP contribution < -0.4 is 0 Å². The van der Waals surface area contributed by atoms with Gasteiger partial charge in [-0.2, -0.15) is 0 Å². The third-order valence-electron chi connectivity index (χ3n) is 1.83. The van der Waals surface area contributed by atoms with Crippen LogP contribution in [0.2, 0.25) is 0 Å². The monoisotopic (exact) mass is 232 g/mol. The highest BCUT2D eigenvalue weighted by atomic mass is 16.9. The topological polar surface area (TPSA) is 65.0 Å². The van der Waals surface area contributed by atoms with E-state index >= 15 is 0 Å². The first-order valence-corrected chi connectivity index (χ1v) is 5.34. The summed E-state index contributed by atoms with van der Waals surface area (Å²) in [6.07, 6.45) is -0.0160. The average Bonchev–Trinajstić information content (AvgIpc) is 2.18. The first kappa shape index (κ1) is 15.1. The van der Waals surface area contributed by atoms with Crippen LogP contribution in [-0.4, -0.2) is 36.9 Å². The van der Waals surface area contributed by atoms with Gasteiger partial charge in [-0.15, -0.1) is 0 Å². The van der Waals surface area contributed by atoms with Gasteiger partial charge in [0.05, 0.1) is 6.42 Å². The summed E-state index contributed by atoms with van der Waals surface area (Å²) in [6, 6.07) is 0. The molecule has 1 N–H and O–H groups in total. The molecule has 0 heterocycles. The zero-order valence-corrected chi connectivity index (χ0v) is 10.1. The van der Waals surface area contributed by atoms with E-state index in [1.807, 2.05) is 0 Å². The van der Waals surface area contributed by atoms with Gasteiger partial charge in [-0.3, -0.25) is 0 Å². The normalized spacial score (nSPS) is 11.4. The van der Waals surface area contributed by atoms with Crippen molar-refractivity contribution in [1.82, 2.24) is 0 Å². The largest absolute Gasteiger partial charge is 0.478 e. The third kappa shape index (κ3) is 4.74. The zero-order chi connectivity index (χ0) is 12.6. The number of ether oxygens (including phenoxy) is 3. The van der Waals surface area contributed by atoms with E-state index in [2.05, 4.69) is 6.58 Å². The van der Waals surface area contributed by atoms with E-state index < -0.39 is 11.9 Å². The van der Waals surface area contributed by atoms with E-state index in [0.29, 0.717) is 19.8 Å². The van der Waals surface area contributed by atoms with Crippen LogP contribution in [0.5, 0.6) is 0 Å². The standard InChI is InChI=1S/C11H20O5/c1-5-14-11(15-6-2,16-7-3)8-9(4)10(12)13/h4-8H2,1-3H3,(H,12,13). The second-order valence-electron chi connectivity index (χ2n) is 3.07. The summed E-state index contributed by atoms with van der Waals surface area (Å²) >= 11 is 0. The van der Waals surface area contributed by atoms with E-state index in [-0.39, 0.29) is 12.0 Å². The predicted molar refractivity (Wildman–Crippen MR) is 59.0 cm³/mol. The molecular formula is C11H20O5. The molecule has 0 fully saturated rings. The first-order valence-electron chi connectivity index (χ1n) is 5.34. The molecule has 94 valence electrons. The molecular weight excluding hydrogens is 212 g/mol. The van der Waals surface area contributed by atoms with Gasteiger partial charge in [0.15, 0.2) is 0 Å². The maximum atomic E-state index is 10.7. The maximum Gasteiger partial charge on any atom is 0.331 e. The summed E-state index contributed by atoms with van der Waals surface area (Å²) in [6.45, 7) is 9.91. The number of hydrogen-bond acceptors (Lipinski definition) is 4. The molecule has 0 unspecified atom stereocenters. The lowest BCUT2D eigenvalue weighted by Crippen LogP contribution is -2.40. The van der Waals surface area contributed by atoms with E-state index in [0.717, 1.165) is 0 Å². The van der Waals surface area contributed by atoms with Gasteiger partial charge in [0.1, 0.15) is 0 Å². The van der Waals surface area contributed by atoms with Gasteiger partial charge in [-0.1, -0.05) is 6.58 Å². The highest BCUT2D eigenvalue weighted by Gasteiger charge is 2.34. The van der Waals surface area contributed by atoms with E-state index in [1.54, 1.807) is 20.8 Å². The minimum atomic E-state index is -1.33. The quantitative estimate of drug-likeness (QED) is 0.485. The number of rotatable bonds is 9. The summed E-state index contributed by atoms with van der Waals surface area (Å²) in [5.74, 6) is -2.41. The van der Waals surface area contributed by atoms with Crippen LogP contribution >= 0.6 is 0 Å². The summed E-state index contributed by atoms with van der Waals surface area (Å²) in [5.41, 5.74) is -0.00431. The van der Waals surface area contributed by atoms with Crippen molar-refractivity contribution in [2.75, 3.05) is 19.8 Å². The molecule has 5 heteroatoms. The van der Waals surface area contributed by atoms with Crippen LogP contribution in [0.4, 0.5) is 0 Å². The molecule has 0 rings (SSSR count). The lowest BCUT2D eigenvalue weighted by atomic mass is 10.2. The number of aliphatic carboxylic acids is 1. The van der Waals surface area contributed by atoms with Gasteiger partial charge in [0.25, 0.3) is 5.97 Å². The van der Waals surface area contributed by atoms with Crippen LogP contribution in [0.25, 0.3) is 0 Å². The fraction of sp³-hybridized carbons (Fsp3) is 0.727. The van der Waals surface area contributed by atoms with Crippen molar-refractivity contribution in [2.24, 2.45) is 0 Å². The molecule has 0 saturated heterocycles. The summed E-state index contributed by atoms with van der Waals surface area (Å²) in [7, 11) is 0. The Balaban J connectivity index is 4.71. The van der Waals surface area contributed by atoms with Crippen molar-refractivity contribution >= 4 is 5.97 Å². The van der Waals surface area contributed by atoms with Crippen molar-refractivity contribution in [3.63, 3.8) is 0 Å². The molecule has 5 nitrogen and oxygen atoms in total.